The lowest BCUT2D eigenvalue weighted by Gasteiger charge is -2.27. The summed E-state index contributed by atoms with van der Waals surface area (Å²) in [6.45, 7) is 0. The van der Waals surface area contributed by atoms with Gasteiger partial charge >= 0.3 is 5.97 Å². The van der Waals surface area contributed by atoms with Gasteiger partial charge in [-0.25, -0.2) is 13.1 Å². The maximum atomic E-state index is 12.3. The molecule has 0 heterocycles. The lowest BCUT2D eigenvalue weighted by molar-refractivity contribution is -0.146. The summed E-state index contributed by atoms with van der Waals surface area (Å²) < 4.78 is 32.0. The number of esters is 1. The molecule has 1 aliphatic rings. The number of hydrogen-bond acceptors (Lipinski definition) is 5. The first kappa shape index (κ1) is 17.1. The minimum Gasteiger partial charge on any atom is -0.469 e. The summed E-state index contributed by atoms with van der Waals surface area (Å²) in [7, 11) is -2.28. The van der Waals surface area contributed by atoms with E-state index in [2.05, 4.69) is 4.72 Å². The molecule has 0 aliphatic heterocycles. The highest BCUT2D eigenvalue weighted by atomic mass is 35.5. The highest BCUT2D eigenvalue weighted by molar-refractivity contribution is 7.89. The molecule has 0 atom stereocenters. The predicted octanol–water partition coefficient (Wildman–Crippen LogP) is 1.93. The molecule has 1 saturated carbocycles. The van der Waals surface area contributed by atoms with Crippen LogP contribution in [0.4, 0.5) is 5.69 Å². The molecule has 0 unspecified atom stereocenters. The van der Waals surface area contributed by atoms with E-state index < -0.39 is 10.0 Å². The van der Waals surface area contributed by atoms with Gasteiger partial charge in [-0.3, -0.25) is 4.79 Å². The molecule has 0 amide bonds. The zero-order chi connectivity index (χ0) is 16.3. The summed E-state index contributed by atoms with van der Waals surface area (Å²) in [5.74, 6) is -0.372. The molecule has 122 valence electrons. The summed E-state index contributed by atoms with van der Waals surface area (Å²) >= 11 is 5.80. The Morgan fingerprint density at radius 2 is 1.95 bits per heavy atom. The van der Waals surface area contributed by atoms with Gasteiger partial charge in [0.1, 0.15) is 0 Å². The van der Waals surface area contributed by atoms with Crippen LogP contribution in [0.2, 0.25) is 5.02 Å². The van der Waals surface area contributed by atoms with Crippen LogP contribution < -0.4 is 10.5 Å². The van der Waals surface area contributed by atoms with Crippen molar-refractivity contribution in [3.8, 4) is 0 Å². The minimum absolute atomic E-state index is 0.0875. The van der Waals surface area contributed by atoms with Crippen molar-refractivity contribution in [1.29, 1.82) is 0 Å². The van der Waals surface area contributed by atoms with Gasteiger partial charge in [-0.05, 0) is 43.9 Å². The monoisotopic (exact) mass is 346 g/mol. The van der Waals surface area contributed by atoms with Crippen molar-refractivity contribution in [2.45, 2.75) is 36.6 Å². The fourth-order valence-corrected chi connectivity index (χ4v) is 4.05. The number of nitrogens with one attached hydrogen (secondary N) is 1. The van der Waals surface area contributed by atoms with Gasteiger partial charge in [0.15, 0.2) is 0 Å². The van der Waals surface area contributed by atoms with Crippen LogP contribution in [0.15, 0.2) is 23.1 Å². The number of nitrogen functional groups attached to an aromatic ring is 1. The zero-order valence-corrected chi connectivity index (χ0v) is 13.8. The van der Waals surface area contributed by atoms with Crippen LogP contribution in [0.5, 0.6) is 0 Å². The first-order chi connectivity index (χ1) is 10.3. The van der Waals surface area contributed by atoms with E-state index >= 15 is 0 Å². The van der Waals surface area contributed by atoms with Crippen LogP contribution in [0, 0.1) is 5.92 Å². The first-order valence-electron chi connectivity index (χ1n) is 6.98. The fourth-order valence-electron chi connectivity index (χ4n) is 2.59. The van der Waals surface area contributed by atoms with E-state index in [1.165, 1.54) is 25.3 Å². The molecule has 22 heavy (non-hydrogen) atoms. The predicted molar refractivity (Wildman–Crippen MR) is 83.9 cm³/mol. The van der Waals surface area contributed by atoms with Crippen LogP contribution in [0.25, 0.3) is 0 Å². The number of halogens is 1. The Bertz CT molecular complexity index is 655. The van der Waals surface area contributed by atoms with E-state index in [9.17, 15) is 13.2 Å². The summed E-state index contributed by atoms with van der Waals surface area (Å²) in [6, 6.07) is 4.02. The van der Waals surface area contributed by atoms with Crippen LogP contribution in [0.1, 0.15) is 25.7 Å². The lowest BCUT2D eigenvalue weighted by atomic mass is 9.86. The van der Waals surface area contributed by atoms with Crippen molar-refractivity contribution < 1.29 is 17.9 Å². The van der Waals surface area contributed by atoms with E-state index in [0.717, 1.165) is 0 Å². The molecule has 0 aromatic heterocycles. The van der Waals surface area contributed by atoms with Crippen LogP contribution in [-0.4, -0.2) is 27.5 Å². The highest BCUT2D eigenvalue weighted by Gasteiger charge is 2.29. The third-order valence-electron chi connectivity index (χ3n) is 3.86. The van der Waals surface area contributed by atoms with E-state index in [-0.39, 0.29) is 28.5 Å². The Kier molecular flexibility index (Phi) is 5.31. The van der Waals surface area contributed by atoms with E-state index in [1.54, 1.807) is 0 Å². The van der Waals surface area contributed by atoms with E-state index in [0.29, 0.717) is 30.7 Å². The molecule has 0 bridgehead atoms. The number of carbonyl (C=O) groups is 1. The van der Waals surface area contributed by atoms with Gasteiger partial charge in [-0.2, -0.15) is 0 Å². The highest BCUT2D eigenvalue weighted by Crippen LogP contribution is 2.27. The SMILES string of the molecule is COC(=O)C1CCC(NS(=O)(=O)c2ccc(Cl)c(N)c2)CC1. The number of anilines is 1. The number of benzene rings is 1. The lowest BCUT2D eigenvalue weighted by Crippen LogP contribution is -2.38. The Morgan fingerprint density at radius 1 is 1.32 bits per heavy atom. The largest absolute Gasteiger partial charge is 0.469 e. The molecule has 0 radical (unpaired) electrons. The first-order valence-corrected chi connectivity index (χ1v) is 8.85. The van der Waals surface area contributed by atoms with Gasteiger partial charge in [-0.15, -0.1) is 0 Å². The van der Waals surface area contributed by atoms with Crippen molar-refractivity contribution in [1.82, 2.24) is 4.72 Å². The van der Waals surface area contributed by atoms with Gasteiger partial charge in [-0.1, -0.05) is 11.6 Å². The second kappa shape index (κ2) is 6.85. The third kappa shape index (κ3) is 3.91. The number of ether oxygens (including phenoxy) is 1. The topological polar surface area (TPSA) is 98.5 Å². The standard InChI is InChI=1S/C14H19ClN2O4S/c1-21-14(18)9-2-4-10(5-3-9)17-22(19,20)11-6-7-12(15)13(16)8-11/h6-10,17H,2-5,16H2,1H3. The van der Waals surface area contributed by atoms with Crippen molar-refractivity contribution in [3.05, 3.63) is 23.2 Å². The van der Waals surface area contributed by atoms with Crippen LogP contribution in [-0.2, 0) is 19.6 Å². The number of hydrogen-bond donors (Lipinski definition) is 2. The molecular formula is C14H19ClN2O4S. The molecule has 0 spiro atoms. The number of nitrogens with two attached hydrogens (primary N) is 1. The normalized spacial score (nSPS) is 22.3. The maximum absolute atomic E-state index is 12.3. The van der Waals surface area contributed by atoms with Crippen LogP contribution in [0.3, 0.4) is 0 Å². The van der Waals surface area contributed by atoms with Crippen molar-refractivity contribution in [2.24, 2.45) is 5.92 Å². The molecular weight excluding hydrogens is 328 g/mol. The van der Waals surface area contributed by atoms with Crippen molar-refractivity contribution in [2.75, 3.05) is 12.8 Å². The van der Waals surface area contributed by atoms with Gasteiger partial charge in [0.25, 0.3) is 0 Å². The van der Waals surface area contributed by atoms with Crippen molar-refractivity contribution in [3.63, 3.8) is 0 Å². The smallest absolute Gasteiger partial charge is 0.308 e. The molecule has 1 aromatic rings. The quantitative estimate of drug-likeness (QED) is 0.641. The number of methoxy groups -OCH3 is 1. The van der Waals surface area contributed by atoms with E-state index in [4.69, 9.17) is 22.1 Å². The van der Waals surface area contributed by atoms with Gasteiger partial charge < -0.3 is 10.5 Å². The van der Waals surface area contributed by atoms with Gasteiger partial charge in [0, 0.05) is 6.04 Å². The molecule has 1 aliphatic carbocycles. The molecule has 6 nitrogen and oxygen atoms in total. The Hall–Kier alpha value is -1.31. The minimum atomic E-state index is -3.65. The second-order valence-electron chi connectivity index (χ2n) is 5.38. The third-order valence-corrected chi connectivity index (χ3v) is 5.72. The molecule has 0 saturated heterocycles. The second-order valence-corrected chi connectivity index (χ2v) is 7.50. The van der Waals surface area contributed by atoms with Crippen LogP contribution >= 0.6 is 11.6 Å². The average Bonchev–Trinajstić information content (AvgIpc) is 2.49. The average molecular weight is 347 g/mol. The number of carbonyl (C=O) groups excluding carboxylic acids is 1. The summed E-state index contributed by atoms with van der Waals surface area (Å²) in [5.41, 5.74) is 5.86. The summed E-state index contributed by atoms with van der Waals surface area (Å²) in [5, 5.41) is 0.317. The molecule has 3 N–H and O–H groups in total. The van der Waals surface area contributed by atoms with Crippen molar-refractivity contribution >= 4 is 33.3 Å². The van der Waals surface area contributed by atoms with E-state index in [1.807, 2.05) is 0 Å². The molecule has 1 aromatic carbocycles. The summed E-state index contributed by atoms with van der Waals surface area (Å²) in [6.07, 6.45) is 2.43. The fraction of sp³-hybridized carbons (Fsp3) is 0.500. The maximum Gasteiger partial charge on any atom is 0.308 e. The summed E-state index contributed by atoms with van der Waals surface area (Å²) in [4.78, 5) is 11.5. The van der Waals surface area contributed by atoms with Gasteiger partial charge in [0.05, 0.1) is 28.6 Å². The number of rotatable bonds is 4. The molecule has 1 fully saturated rings. The zero-order valence-electron chi connectivity index (χ0n) is 12.2. The molecule has 8 heteroatoms. The Balaban J connectivity index is 2.01. The van der Waals surface area contributed by atoms with Gasteiger partial charge in [0.2, 0.25) is 10.0 Å². The Labute approximate surface area is 135 Å². The molecule has 2 rings (SSSR count). The Morgan fingerprint density at radius 3 is 2.50 bits per heavy atom. The number of sulfonamides is 1.